The first-order valence-electron chi connectivity index (χ1n) is 7.31. The van der Waals surface area contributed by atoms with E-state index in [1.165, 1.54) is 0 Å². The third kappa shape index (κ3) is 3.15. The Morgan fingerprint density at radius 1 is 1.30 bits per heavy atom. The van der Waals surface area contributed by atoms with E-state index in [-0.39, 0.29) is 0 Å². The molecule has 0 spiro atoms. The van der Waals surface area contributed by atoms with Crippen LogP contribution in [-0.4, -0.2) is 25.8 Å². The van der Waals surface area contributed by atoms with Crippen molar-refractivity contribution in [3.63, 3.8) is 0 Å². The Kier molecular flexibility index (Phi) is 4.70. The van der Waals surface area contributed by atoms with Gasteiger partial charge in [-0.15, -0.1) is 0 Å². The van der Waals surface area contributed by atoms with Gasteiger partial charge in [0.2, 0.25) is 10.0 Å². The number of sulfonamides is 1. The minimum absolute atomic E-state index is 0.360. The summed E-state index contributed by atoms with van der Waals surface area (Å²) in [6, 6.07) is 4.96. The molecule has 1 atom stereocenters. The summed E-state index contributed by atoms with van der Waals surface area (Å²) in [4.78, 5) is 0.360. The maximum absolute atomic E-state index is 12.7. The second kappa shape index (κ2) is 6.14. The van der Waals surface area contributed by atoms with E-state index >= 15 is 0 Å². The number of nitrogens with two attached hydrogens (primary N) is 1. The Morgan fingerprint density at radius 2 is 2.05 bits per heavy atom. The largest absolute Gasteiger partial charge is 0.399 e. The molecule has 0 bridgehead atoms. The summed E-state index contributed by atoms with van der Waals surface area (Å²) in [6.07, 6.45) is 4.17. The maximum Gasteiger partial charge on any atom is 0.243 e. The molecule has 20 heavy (non-hydrogen) atoms. The average molecular weight is 296 g/mol. The zero-order valence-electron chi connectivity index (χ0n) is 12.3. The molecule has 0 aromatic heterocycles. The molecule has 4 nitrogen and oxygen atoms in total. The van der Waals surface area contributed by atoms with Gasteiger partial charge in [0, 0.05) is 18.8 Å². The van der Waals surface area contributed by atoms with Crippen LogP contribution in [0, 0.1) is 12.8 Å². The highest BCUT2D eigenvalue weighted by atomic mass is 32.2. The Balaban J connectivity index is 2.23. The van der Waals surface area contributed by atoms with Gasteiger partial charge in [0.15, 0.2) is 0 Å². The zero-order chi connectivity index (χ0) is 14.8. The minimum Gasteiger partial charge on any atom is -0.399 e. The summed E-state index contributed by atoms with van der Waals surface area (Å²) in [5, 5.41) is 0. The van der Waals surface area contributed by atoms with Gasteiger partial charge in [-0.2, -0.15) is 4.31 Å². The lowest BCUT2D eigenvalue weighted by Gasteiger charge is -2.20. The van der Waals surface area contributed by atoms with Crippen LogP contribution in [0.5, 0.6) is 0 Å². The second-order valence-corrected chi connectivity index (χ2v) is 7.57. The third-order valence-electron chi connectivity index (χ3n) is 4.26. The molecule has 2 N–H and O–H groups in total. The Labute approximate surface area is 122 Å². The fourth-order valence-corrected chi connectivity index (χ4v) is 4.32. The average Bonchev–Trinajstić information content (AvgIpc) is 2.67. The quantitative estimate of drug-likeness (QED) is 0.872. The predicted octanol–water partition coefficient (Wildman–Crippen LogP) is 2.78. The number of nitrogens with zero attached hydrogens (tertiary/aromatic N) is 1. The predicted molar refractivity (Wildman–Crippen MR) is 82.0 cm³/mol. The molecule has 5 heteroatoms. The Morgan fingerprint density at radius 3 is 2.70 bits per heavy atom. The minimum atomic E-state index is -3.38. The molecule has 1 fully saturated rings. The van der Waals surface area contributed by atoms with Crippen LogP contribution in [0.3, 0.4) is 0 Å². The van der Waals surface area contributed by atoms with Crippen molar-refractivity contribution < 1.29 is 8.42 Å². The van der Waals surface area contributed by atoms with E-state index in [0.29, 0.717) is 29.6 Å². The standard InChI is InChI=1S/C15H24N2O2S/c1-3-13-5-4-9-17(10-8-13)20(18,19)14-6-7-15(16)12(2)11-14/h6-7,11,13H,3-5,8-10,16H2,1-2H3. The van der Waals surface area contributed by atoms with Gasteiger partial charge in [0.05, 0.1) is 4.90 Å². The van der Waals surface area contributed by atoms with Crippen LogP contribution in [-0.2, 0) is 10.0 Å². The molecule has 1 aliphatic heterocycles. The number of hydrogen-bond acceptors (Lipinski definition) is 3. The van der Waals surface area contributed by atoms with E-state index in [0.717, 1.165) is 31.2 Å². The van der Waals surface area contributed by atoms with Crippen LogP contribution >= 0.6 is 0 Å². The lowest BCUT2D eigenvalue weighted by Crippen LogP contribution is -2.32. The molecule has 1 aromatic carbocycles. The van der Waals surface area contributed by atoms with Crippen molar-refractivity contribution in [3.8, 4) is 0 Å². The first-order valence-corrected chi connectivity index (χ1v) is 8.75. The summed E-state index contributed by atoms with van der Waals surface area (Å²) in [5.74, 6) is 0.656. The highest BCUT2D eigenvalue weighted by Crippen LogP contribution is 2.26. The maximum atomic E-state index is 12.7. The molecule has 1 saturated heterocycles. The third-order valence-corrected chi connectivity index (χ3v) is 6.16. The highest BCUT2D eigenvalue weighted by molar-refractivity contribution is 7.89. The van der Waals surface area contributed by atoms with Gasteiger partial charge in [-0.3, -0.25) is 0 Å². The monoisotopic (exact) mass is 296 g/mol. The molecule has 1 aromatic rings. The van der Waals surface area contributed by atoms with E-state index in [4.69, 9.17) is 5.73 Å². The summed E-state index contributed by atoms with van der Waals surface area (Å²) < 4.78 is 27.0. The van der Waals surface area contributed by atoms with Crippen LogP contribution in [0.15, 0.2) is 23.1 Å². The fraction of sp³-hybridized carbons (Fsp3) is 0.600. The van der Waals surface area contributed by atoms with Crippen molar-refractivity contribution in [2.45, 2.75) is 44.4 Å². The smallest absolute Gasteiger partial charge is 0.243 e. The SMILES string of the molecule is CCC1CCCN(S(=O)(=O)c2ccc(N)c(C)c2)CC1. The van der Waals surface area contributed by atoms with Crippen molar-refractivity contribution in [3.05, 3.63) is 23.8 Å². The van der Waals surface area contributed by atoms with Crippen molar-refractivity contribution >= 4 is 15.7 Å². The molecule has 1 unspecified atom stereocenters. The van der Waals surface area contributed by atoms with Crippen molar-refractivity contribution in [2.75, 3.05) is 18.8 Å². The van der Waals surface area contributed by atoms with E-state index < -0.39 is 10.0 Å². The molecular formula is C15H24N2O2S. The summed E-state index contributed by atoms with van der Waals surface area (Å²) in [6.45, 7) is 5.27. The van der Waals surface area contributed by atoms with Gasteiger partial charge < -0.3 is 5.73 Å². The normalized spacial score (nSPS) is 21.6. The van der Waals surface area contributed by atoms with Crippen molar-refractivity contribution in [2.24, 2.45) is 5.92 Å². The van der Waals surface area contributed by atoms with Crippen molar-refractivity contribution in [1.82, 2.24) is 4.31 Å². The topological polar surface area (TPSA) is 63.4 Å². The van der Waals surface area contributed by atoms with Crippen LogP contribution in [0.1, 0.15) is 38.2 Å². The summed E-state index contributed by atoms with van der Waals surface area (Å²) >= 11 is 0. The molecule has 2 rings (SSSR count). The zero-order valence-corrected chi connectivity index (χ0v) is 13.1. The van der Waals surface area contributed by atoms with Gasteiger partial charge in [-0.1, -0.05) is 13.3 Å². The molecule has 1 heterocycles. The van der Waals surface area contributed by atoms with Crippen molar-refractivity contribution in [1.29, 1.82) is 0 Å². The molecule has 0 amide bonds. The Bertz CT molecular complexity index is 569. The Hall–Kier alpha value is -1.07. The lowest BCUT2D eigenvalue weighted by atomic mass is 9.98. The first kappa shape index (κ1) is 15.3. The summed E-state index contributed by atoms with van der Waals surface area (Å²) in [5.41, 5.74) is 7.21. The van der Waals surface area contributed by atoms with Gasteiger partial charge in [-0.25, -0.2) is 8.42 Å². The number of benzene rings is 1. The molecule has 0 aliphatic carbocycles. The summed E-state index contributed by atoms with van der Waals surface area (Å²) in [7, 11) is -3.38. The van der Waals surface area contributed by atoms with Gasteiger partial charge in [0.1, 0.15) is 0 Å². The lowest BCUT2D eigenvalue weighted by molar-refractivity contribution is 0.407. The molecule has 0 saturated carbocycles. The second-order valence-electron chi connectivity index (χ2n) is 5.63. The van der Waals surface area contributed by atoms with E-state index in [1.807, 2.05) is 6.92 Å². The van der Waals surface area contributed by atoms with Crippen LogP contribution in [0.25, 0.3) is 0 Å². The fourth-order valence-electron chi connectivity index (χ4n) is 2.75. The van der Waals surface area contributed by atoms with Crippen LogP contribution < -0.4 is 5.73 Å². The number of anilines is 1. The first-order chi connectivity index (χ1) is 9.45. The highest BCUT2D eigenvalue weighted by Gasteiger charge is 2.27. The van der Waals surface area contributed by atoms with E-state index in [9.17, 15) is 8.42 Å². The number of aryl methyl sites for hydroxylation is 1. The van der Waals surface area contributed by atoms with Gasteiger partial charge in [-0.05, 0) is 55.9 Å². The molecule has 0 radical (unpaired) electrons. The van der Waals surface area contributed by atoms with Crippen LogP contribution in [0.4, 0.5) is 5.69 Å². The number of rotatable bonds is 3. The number of nitrogen functional groups attached to an aromatic ring is 1. The molecule has 1 aliphatic rings. The van der Waals surface area contributed by atoms with E-state index in [2.05, 4.69) is 6.92 Å². The van der Waals surface area contributed by atoms with Gasteiger partial charge in [0.25, 0.3) is 0 Å². The molecular weight excluding hydrogens is 272 g/mol. The van der Waals surface area contributed by atoms with Crippen LogP contribution in [0.2, 0.25) is 0 Å². The molecule has 112 valence electrons. The van der Waals surface area contributed by atoms with E-state index in [1.54, 1.807) is 22.5 Å². The van der Waals surface area contributed by atoms with Gasteiger partial charge >= 0.3 is 0 Å². The number of hydrogen-bond donors (Lipinski definition) is 1.